The molecule has 0 saturated heterocycles. The van der Waals surface area contributed by atoms with E-state index in [2.05, 4.69) is 18.2 Å². The monoisotopic (exact) mass is 670 g/mol. The molecule has 0 unspecified atom stereocenters. The number of hydrogen-bond acceptors (Lipinski definition) is 1. The maximum absolute atomic E-state index is 7.11. The Morgan fingerprint density at radius 1 is 0.436 bits per heavy atom. The standard InChI is InChI=1S/C42H17B11N2/c43-33-29-27(22-13-5-7-15-25(22)55-26-16-8-6-14-24(26)54-41(55)42(51,52)53)30-32(36(46)40(50)38(48)34(30)44)28(31(29)35(45)39(49)37(33)47)23-17-18-9-1-2-10-19(18)20-11-3-4-12-21(20)23/h1-17H. The average Bonchev–Trinajstić information content (AvgIpc) is 3.60. The average molecular weight is 669 g/mol. The van der Waals surface area contributed by atoms with E-state index in [1.165, 1.54) is 0 Å². The van der Waals surface area contributed by atoms with Crippen LogP contribution in [-0.4, -0.2) is 95.9 Å². The van der Waals surface area contributed by atoms with Crippen LogP contribution in [0.5, 0.6) is 0 Å². The van der Waals surface area contributed by atoms with Gasteiger partial charge >= 0.3 is 0 Å². The molecule has 0 aliphatic carbocycles. The number of imidazole rings is 1. The van der Waals surface area contributed by atoms with Gasteiger partial charge in [-0.05, 0) is 84.0 Å². The zero-order chi connectivity index (χ0) is 38.7. The first-order valence-corrected chi connectivity index (χ1v) is 17.4. The summed E-state index contributed by atoms with van der Waals surface area (Å²) in [5, 5.41) is 4.05. The second-order valence-electron chi connectivity index (χ2n) is 14.0. The lowest BCUT2D eigenvalue weighted by molar-refractivity contribution is 0.931. The van der Waals surface area contributed by atoms with Crippen LogP contribution in [0.4, 0.5) is 0 Å². The molecule has 22 radical (unpaired) electrons. The smallest absolute Gasteiger partial charge is 0.113 e. The Balaban J connectivity index is 1.59. The normalized spacial score (nSPS) is 12.1. The highest BCUT2D eigenvalue weighted by Gasteiger charge is 2.29. The third kappa shape index (κ3) is 5.14. The van der Waals surface area contributed by atoms with Gasteiger partial charge in [-0.3, -0.25) is 4.57 Å². The number of para-hydroxylation sites is 3. The lowest BCUT2D eigenvalue weighted by Crippen LogP contribution is -2.50. The predicted octanol–water partition coefficient (Wildman–Crippen LogP) is -0.0615. The fraction of sp³-hybridized carbons (Fsp3) is 0.0238. The van der Waals surface area contributed by atoms with Crippen LogP contribution in [0.3, 0.4) is 0 Å². The molecule has 0 aliphatic heterocycles. The summed E-state index contributed by atoms with van der Waals surface area (Å²) < 4.78 is 1.81. The predicted molar refractivity (Wildman–Crippen MR) is 244 cm³/mol. The molecule has 0 spiro atoms. The number of benzene rings is 8. The summed E-state index contributed by atoms with van der Waals surface area (Å²) in [5.41, 5.74) is 5.60. The van der Waals surface area contributed by atoms with E-state index in [0.717, 1.165) is 27.1 Å². The largest absolute Gasteiger partial charge is 0.297 e. The van der Waals surface area contributed by atoms with Crippen LogP contribution in [0, 0.1) is 0 Å². The number of aromatic nitrogens is 2. The third-order valence-corrected chi connectivity index (χ3v) is 10.7. The quantitative estimate of drug-likeness (QED) is 0.146. The first kappa shape index (κ1) is 35.7. The van der Waals surface area contributed by atoms with Crippen LogP contribution in [-0.2, 0) is 5.11 Å². The molecule has 1 aromatic heterocycles. The van der Waals surface area contributed by atoms with Crippen molar-refractivity contribution in [1.29, 1.82) is 0 Å². The maximum Gasteiger partial charge on any atom is 0.113 e. The molecule has 9 aromatic rings. The van der Waals surface area contributed by atoms with Crippen LogP contribution in [0.25, 0.3) is 82.1 Å². The van der Waals surface area contributed by atoms with Gasteiger partial charge in [0.1, 0.15) is 62.8 Å². The Bertz CT molecular complexity index is 3050. The molecule has 0 bridgehead atoms. The van der Waals surface area contributed by atoms with E-state index < -0.39 is 5.11 Å². The minimum Gasteiger partial charge on any atom is -0.297 e. The molecule has 0 aliphatic rings. The van der Waals surface area contributed by atoms with Crippen LogP contribution in [0.15, 0.2) is 103 Å². The van der Waals surface area contributed by atoms with Crippen molar-refractivity contribution < 1.29 is 0 Å². The SMILES string of the molecule is [B]c1c([B])c([B])c2c(-c3cc4ccccc4c4ccccc34)c3c([B])c([B])c([B])c([B])c3c(-c3ccccc3-n3c(C([B])([B])[B])nc4ccccc43)c2c1[B]. The highest BCUT2D eigenvalue weighted by atomic mass is 15.1. The summed E-state index contributed by atoms with van der Waals surface area (Å²) in [7, 11) is 74.5. The Morgan fingerprint density at radius 2 is 0.891 bits per heavy atom. The van der Waals surface area contributed by atoms with E-state index in [-0.39, 0.29) is 49.5 Å². The van der Waals surface area contributed by atoms with E-state index in [0.29, 0.717) is 55.0 Å². The lowest BCUT2D eigenvalue weighted by Gasteiger charge is -2.30. The van der Waals surface area contributed by atoms with Crippen LogP contribution in [0.1, 0.15) is 5.82 Å². The molecule has 0 atom stereocenters. The van der Waals surface area contributed by atoms with Gasteiger partial charge in [0.05, 0.1) is 46.1 Å². The Labute approximate surface area is 334 Å². The Hall–Kier alpha value is -5.02. The van der Waals surface area contributed by atoms with Crippen LogP contribution >= 0.6 is 0 Å². The number of rotatable bonds is 4. The highest BCUT2D eigenvalue weighted by Crippen LogP contribution is 2.45. The maximum atomic E-state index is 7.11. The fourth-order valence-electron chi connectivity index (χ4n) is 8.19. The van der Waals surface area contributed by atoms with Crippen molar-refractivity contribution in [3.8, 4) is 27.9 Å². The molecular formula is C42H17B11N2. The molecule has 1 heterocycles. The van der Waals surface area contributed by atoms with Crippen molar-refractivity contribution in [2.45, 2.75) is 5.11 Å². The van der Waals surface area contributed by atoms with E-state index in [1.54, 1.807) is 0 Å². The van der Waals surface area contributed by atoms with Crippen LogP contribution < -0.4 is 43.7 Å². The second kappa shape index (κ2) is 12.8. The minimum atomic E-state index is -1.85. The molecule has 13 heteroatoms. The molecule has 2 nitrogen and oxygen atoms in total. The van der Waals surface area contributed by atoms with Crippen LogP contribution in [0.2, 0.25) is 0 Å². The number of fused-ring (bicyclic) bond motifs is 6. The summed E-state index contributed by atoms with van der Waals surface area (Å²) in [5.74, 6) is 0.196. The zero-order valence-corrected chi connectivity index (χ0v) is 29.6. The van der Waals surface area contributed by atoms with Crippen molar-refractivity contribution in [1.82, 2.24) is 9.55 Å². The van der Waals surface area contributed by atoms with Gasteiger partial charge in [0.15, 0.2) is 0 Å². The summed E-state index contributed by atoms with van der Waals surface area (Å²) >= 11 is 0. The number of hydrogen-bond donors (Lipinski definition) is 0. The summed E-state index contributed by atoms with van der Waals surface area (Å²) in [6.45, 7) is 0. The second-order valence-corrected chi connectivity index (χ2v) is 14.0. The molecule has 0 amide bonds. The molecule has 0 saturated carbocycles. The molecule has 0 N–H and O–H groups in total. The fourth-order valence-corrected chi connectivity index (χ4v) is 8.19. The van der Waals surface area contributed by atoms with Crippen molar-refractivity contribution in [2.75, 3.05) is 0 Å². The molecule has 8 aromatic carbocycles. The van der Waals surface area contributed by atoms with Gasteiger partial charge in [-0.2, -0.15) is 0 Å². The van der Waals surface area contributed by atoms with E-state index in [1.807, 2.05) is 89.5 Å². The van der Waals surface area contributed by atoms with Crippen molar-refractivity contribution >= 4 is 184 Å². The van der Waals surface area contributed by atoms with Crippen molar-refractivity contribution in [3.63, 3.8) is 0 Å². The molecule has 55 heavy (non-hydrogen) atoms. The van der Waals surface area contributed by atoms with E-state index in [4.69, 9.17) is 91.3 Å². The molecule has 0 fully saturated rings. The van der Waals surface area contributed by atoms with Gasteiger partial charge in [-0.1, -0.05) is 106 Å². The first-order valence-electron chi connectivity index (χ1n) is 17.4. The molecule has 9 rings (SSSR count). The summed E-state index contributed by atoms with van der Waals surface area (Å²) in [4.78, 5) is 4.77. The first-order chi connectivity index (χ1) is 26.3. The Kier molecular flexibility index (Phi) is 8.28. The third-order valence-electron chi connectivity index (χ3n) is 10.7. The summed E-state index contributed by atoms with van der Waals surface area (Å²) in [6.07, 6.45) is 0. The molecule has 228 valence electrons. The van der Waals surface area contributed by atoms with Crippen molar-refractivity contribution in [2.24, 2.45) is 0 Å². The number of nitrogens with zero attached hydrogens (tertiary/aromatic N) is 2. The van der Waals surface area contributed by atoms with Gasteiger partial charge in [-0.25, -0.2) is 4.98 Å². The van der Waals surface area contributed by atoms with E-state index >= 15 is 0 Å². The topological polar surface area (TPSA) is 17.8 Å². The Morgan fingerprint density at radius 3 is 1.47 bits per heavy atom. The molecular weight excluding hydrogens is 651 g/mol. The van der Waals surface area contributed by atoms with Crippen molar-refractivity contribution in [3.05, 3.63) is 109 Å². The lowest BCUT2D eigenvalue weighted by atomic mass is 9.42. The minimum absolute atomic E-state index is 0.103. The van der Waals surface area contributed by atoms with Gasteiger partial charge in [0.2, 0.25) is 0 Å². The summed E-state index contributed by atoms with van der Waals surface area (Å²) in [6, 6.07) is 33.4. The van der Waals surface area contributed by atoms with Gasteiger partial charge in [0, 0.05) is 5.56 Å². The van der Waals surface area contributed by atoms with Gasteiger partial charge < -0.3 is 0 Å². The van der Waals surface area contributed by atoms with E-state index in [9.17, 15) is 0 Å². The van der Waals surface area contributed by atoms with Gasteiger partial charge in [0.25, 0.3) is 0 Å². The zero-order valence-electron chi connectivity index (χ0n) is 29.6. The highest BCUT2D eigenvalue weighted by molar-refractivity contribution is 6.71. The van der Waals surface area contributed by atoms with Gasteiger partial charge in [-0.15, -0.1) is 21.9 Å².